The van der Waals surface area contributed by atoms with E-state index in [2.05, 4.69) is 22.9 Å². The first-order valence-electron chi connectivity index (χ1n) is 9.64. The van der Waals surface area contributed by atoms with Crippen molar-refractivity contribution in [3.8, 4) is 0 Å². The van der Waals surface area contributed by atoms with Crippen LogP contribution < -0.4 is 16.4 Å². The summed E-state index contributed by atoms with van der Waals surface area (Å²) in [5.41, 5.74) is 4.75. The van der Waals surface area contributed by atoms with Gasteiger partial charge in [0.15, 0.2) is 5.69 Å². The molecule has 0 atom stereocenters. The predicted molar refractivity (Wildman–Crippen MR) is 114 cm³/mol. The maximum atomic E-state index is 12.7. The van der Waals surface area contributed by atoms with Gasteiger partial charge in [-0.3, -0.25) is 25.2 Å². The highest BCUT2D eigenvalue weighted by Crippen LogP contribution is 2.15. The van der Waals surface area contributed by atoms with Crippen LogP contribution in [-0.4, -0.2) is 21.6 Å². The Morgan fingerprint density at radius 3 is 2.52 bits per heavy atom. The zero-order chi connectivity index (χ0) is 20.8. The van der Waals surface area contributed by atoms with Gasteiger partial charge in [0.25, 0.3) is 11.5 Å². The lowest BCUT2D eigenvalue weighted by Crippen LogP contribution is -2.43. The molecule has 152 valence electrons. The van der Waals surface area contributed by atoms with Crippen molar-refractivity contribution in [2.24, 2.45) is 0 Å². The van der Waals surface area contributed by atoms with Crippen molar-refractivity contribution in [2.75, 3.05) is 0 Å². The molecule has 0 aliphatic carbocycles. The molecule has 2 aromatic heterocycles. The number of hydrogen-bond donors (Lipinski definition) is 2. The summed E-state index contributed by atoms with van der Waals surface area (Å²) >= 11 is 1.54. The number of hydrogen-bond acceptors (Lipinski definition) is 5. The van der Waals surface area contributed by atoms with Gasteiger partial charge in [-0.25, -0.2) is 4.68 Å². The summed E-state index contributed by atoms with van der Waals surface area (Å²) in [5, 5.41) is 5.18. The minimum Gasteiger partial charge on any atom is -0.273 e. The number of nitrogens with one attached hydrogen (secondary N) is 2. The van der Waals surface area contributed by atoms with Crippen LogP contribution in [0.3, 0.4) is 0 Å². The Morgan fingerprint density at radius 2 is 1.83 bits per heavy atom. The molecule has 0 fully saturated rings. The number of carbonyl (C=O) groups is 2. The molecule has 0 spiro atoms. The molecular weight excluding hydrogens is 388 g/mol. The van der Waals surface area contributed by atoms with Crippen molar-refractivity contribution in [3.63, 3.8) is 0 Å². The Labute approximate surface area is 172 Å². The van der Waals surface area contributed by atoms with E-state index in [4.69, 9.17) is 0 Å². The van der Waals surface area contributed by atoms with Crippen LogP contribution in [0.15, 0.2) is 41.2 Å². The van der Waals surface area contributed by atoms with Gasteiger partial charge in [-0.15, -0.1) is 11.3 Å². The minimum absolute atomic E-state index is 0.115. The molecule has 0 radical (unpaired) electrons. The highest BCUT2D eigenvalue weighted by molar-refractivity contribution is 7.12. The van der Waals surface area contributed by atoms with Crippen LogP contribution in [0.1, 0.15) is 46.4 Å². The summed E-state index contributed by atoms with van der Waals surface area (Å²) in [5.74, 6) is -0.873. The number of aromatic nitrogens is 2. The smallest absolute Gasteiger partial charge is 0.273 e. The third-order valence-corrected chi connectivity index (χ3v) is 5.50. The number of unbranched alkanes of at least 4 members (excludes halogenated alkanes) is 2. The maximum Gasteiger partial charge on any atom is 0.290 e. The molecule has 29 heavy (non-hydrogen) atoms. The van der Waals surface area contributed by atoms with E-state index in [1.54, 1.807) is 24.3 Å². The zero-order valence-corrected chi connectivity index (χ0v) is 17.3. The normalized spacial score (nSPS) is 10.8. The van der Waals surface area contributed by atoms with Crippen LogP contribution in [0.4, 0.5) is 0 Å². The third kappa shape index (κ3) is 5.08. The van der Waals surface area contributed by atoms with Crippen molar-refractivity contribution in [1.82, 2.24) is 20.6 Å². The van der Waals surface area contributed by atoms with Gasteiger partial charge in [0.2, 0.25) is 5.91 Å². The fourth-order valence-electron chi connectivity index (χ4n) is 3.03. The second-order valence-electron chi connectivity index (χ2n) is 6.82. The van der Waals surface area contributed by atoms with E-state index >= 15 is 0 Å². The molecule has 0 bridgehead atoms. The Bertz CT molecular complexity index is 1090. The lowest BCUT2D eigenvalue weighted by atomic mass is 10.1. The van der Waals surface area contributed by atoms with Crippen LogP contribution in [0.25, 0.3) is 10.8 Å². The summed E-state index contributed by atoms with van der Waals surface area (Å²) in [4.78, 5) is 39.5. The van der Waals surface area contributed by atoms with E-state index in [9.17, 15) is 14.4 Å². The number of carbonyl (C=O) groups excluding carboxylic acids is 2. The number of thiophene rings is 1. The van der Waals surface area contributed by atoms with Crippen molar-refractivity contribution in [3.05, 3.63) is 62.2 Å². The van der Waals surface area contributed by atoms with Gasteiger partial charge in [0.1, 0.15) is 0 Å². The number of nitrogens with zero attached hydrogens (tertiary/aromatic N) is 2. The Balaban J connectivity index is 1.78. The lowest BCUT2D eigenvalue weighted by molar-refractivity contribution is -0.121. The molecule has 2 heterocycles. The SMILES string of the molecule is CCCCCn1nc(C(=O)NNC(=O)Cc2ccc(C)s2)c2ccccc2c1=O. The highest BCUT2D eigenvalue weighted by Gasteiger charge is 2.17. The molecule has 2 N–H and O–H groups in total. The molecule has 0 saturated carbocycles. The van der Waals surface area contributed by atoms with E-state index < -0.39 is 5.91 Å². The summed E-state index contributed by atoms with van der Waals surface area (Å²) < 4.78 is 1.34. The molecule has 0 unspecified atom stereocenters. The van der Waals surface area contributed by atoms with Gasteiger partial charge in [0, 0.05) is 21.7 Å². The molecule has 0 aliphatic rings. The average molecular weight is 413 g/mol. The largest absolute Gasteiger partial charge is 0.290 e. The van der Waals surface area contributed by atoms with Crippen molar-refractivity contribution in [1.29, 1.82) is 0 Å². The highest BCUT2D eigenvalue weighted by atomic mass is 32.1. The quantitative estimate of drug-likeness (QED) is 0.461. The van der Waals surface area contributed by atoms with E-state index in [1.807, 2.05) is 19.1 Å². The molecule has 1 aromatic carbocycles. The Morgan fingerprint density at radius 1 is 1.07 bits per heavy atom. The number of fused-ring (bicyclic) bond motifs is 1. The first-order valence-corrected chi connectivity index (χ1v) is 10.5. The van der Waals surface area contributed by atoms with E-state index in [1.165, 1.54) is 16.0 Å². The van der Waals surface area contributed by atoms with Gasteiger partial charge < -0.3 is 0 Å². The molecule has 3 rings (SSSR count). The molecule has 0 aliphatic heterocycles. The van der Waals surface area contributed by atoms with Crippen LogP contribution >= 0.6 is 11.3 Å². The third-order valence-electron chi connectivity index (χ3n) is 4.50. The fraction of sp³-hybridized carbons (Fsp3) is 0.333. The second-order valence-corrected chi connectivity index (χ2v) is 8.19. The minimum atomic E-state index is -0.554. The topological polar surface area (TPSA) is 93.1 Å². The van der Waals surface area contributed by atoms with Crippen molar-refractivity contribution < 1.29 is 9.59 Å². The predicted octanol–water partition coefficient (Wildman–Crippen LogP) is 2.96. The van der Waals surface area contributed by atoms with Gasteiger partial charge >= 0.3 is 0 Å². The molecule has 8 heteroatoms. The first-order chi connectivity index (χ1) is 14.0. The van der Waals surface area contributed by atoms with E-state index in [0.717, 1.165) is 29.0 Å². The van der Waals surface area contributed by atoms with E-state index in [-0.39, 0.29) is 23.6 Å². The molecular formula is C21H24N4O3S. The van der Waals surface area contributed by atoms with Gasteiger partial charge in [0.05, 0.1) is 11.8 Å². The fourth-order valence-corrected chi connectivity index (χ4v) is 3.92. The first kappa shape index (κ1) is 20.7. The molecule has 7 nitrogen and oxygen atoms in total. The Kier molecular flexibility index (Phi) is 6.77. The standard InChI is InChI=1S/C21H24N4O3S/c1-3-4-7-12-25-21(28)17-9-6-5-8-16(17)19(24-25)20(27)23-22-18(26)13-15-11-10-14(2)29-15/h5-6,8-11H,3-4,7,12-13H2,1-2H3,(H,22,26)(H,23,27). The van der Waals surface area contributed by atoms with Crippen LogP contribution in [-0.2, 0) is 17.8 Å². The average Bonchev–Trinajstić information content (AvgIpc) is 3.12. The number of hydrazine groups is 1. The maximum absolute atomic E-state index is 12.7. The monoisotopic (exact) mass is 412 g/mol. The number of benzene rings is 1. The molecule has 0 saturated heterocycles. The number of rotatable bonds is 7. The second kappa shape index (κ2) is 9.47. The van der Waals surface area contributed by atoms with Crippen molar-refractivity contribution in [2.45, 2.75) is 46.1 Å². The Hall–Kier alpha value is -3.00. The van der Waals surface area contributed by atoms with Gasteiger partial charge in [-0.05, 0) is 31.5 Å². The lowest BCUT2D eigenvalue weighted by Gasteiger charge is -2.11. The number of aryl methyl sites for hydroxylation is 2. The molecule has 2 amide bonds. The summed E-state index contributed by atoms with van der Waals surface area (Å²) in [7, 11) is 0. The van der Waals surface area contributed by atoms with Gasteiger partial charge in [-0.1, -0.05) is 38.0 Å². The van der Waals surface area contributed by atoms with Crippen molar-refractivity contribution >= 4 is 33.9 Å². The van der Waals surface area contributed by atoms with Crippen LogP contribution in [0.2, 0.25) is 0 Å². The van der Waals surface area contributed by atoms with E-state index in [0.29, 0.717) is 17.3 Å². The number of amides is 2. The zero-order valence-electron chi connectivity index (χ0n) is 16.5. The van der Waals surface area contributed by atoms with Crippen LogP contribution in [0.5, 0.6) is 0 Å². The van der Waals surface area contributed by atoms with Crippen LogP contribution in [0, 0.1) is 6.92 Å². The van der Waals surface area contributed by atoms with Gasteiger partial charge in [-0.2, -0.15) is 5.10 Å². The summed E-state index contributed by atoms with van der Waals surface area (Å²) in [6.45, 7) is 4.50. The summed E-state index contributed by atoms with van der Waals surface area (Å²) in [6, 6.07) is 10.7. The summed E-state index contributed by atoms with van der Waals surface area (Å²) in [6.07, 6.45) is 2.98. The molecule has 3 aromatic rings.